The van der Waals surface area contributed by atoms with E-state index in [1.807, 2.05) is 6.92 Å². The van der Waals surface area contributed by atoms with Gasteiger partial charge in [-0.25, -0.2) is 0 Å². The molecular weight excluding hydrogens is 305 g/mol. The van der Waals surface area contributed by atoms with Crippen molar-refractivity contribution in [2.24, 2.45) is 0 Å². The van der Waals surface area contributed by atoms with Gasteiger partial charge in [0, 0.05) is 10.7 Å². The van der Waals surface area contributed by atoms with Crippen molar-refractivity contribution in [3.05, 3.63) is 62.6 Å². The van der Waals surface area contributed by atoms with Crippen LogP contribution in [0.1, 0.15) is 15.9 Å². The number of carbonyl (C=O) groups is 1. The summed E-state index contributed by atoms with van der Waals surface area (Å²) in [7, 11) is 0. The van der Waals surface area contributed by atoms with E-state index in [1.54, 1.807) is 36.4 Å². The second-order valence-corrected chi connectivity index (χ2v) is 5.16. The lowest BCUT2D eigenvalue weighted by atomic mass is 10.1. The quantitative estimate of drug-likeness (QED) is 0.810. The molecule has 0 atom stereocenters. The van der Waals surface area contributed by atoms with Crippen LogP contribution in [0.5, 0.6) is 0 Å². The number of amides is 1. The van der Waals surface area contributed by atoms with Gasteiger partial charge in [-0.1, -0.05) is 46.9 Å². The smallest absolute Gasteiger partial charge is 0.257 e. The van der Waals surface area contributed by atoms with E-state index in [1.165, 1.54) is 0 Å². The fraction of sp³-hybridized carbons (Fsp3) is 0.0714. The molecule has 98 valence electrons. The first kappa shape index (κ1) is 14.2. The lowest BCUT2D eigenvalue weighted by molar-refractivity contribution is 0.102. The Kier molecular flexibility index (Phi) is 4.35. The van der Waals surface area contributed by atoms with Gasteiger partial charge >= 0.3 is 0 Å². The highest BCUT2D eigenvalue weighted by Gasteiger charge is 2.14. The molecular formula is C14H10Cl3NO. The summed E-state index contributed by atoms with van der Waals surface area (Å²) in [6, 6.07) is 10.2. The van der Waals surface area contributed by atoms with Gasteiger partial charge in [-0.3, -0.25) is 4.79 Å². The number of rotatable bonds is 2. The molecule has 0 saturated carbocycles. The van der Waals surface area contributed by atoms with Gasteiger partial charge in [0.05, 0.1) is 15.6 Å². The van der Waals surface area contributed by atoms with E-state index in [-0.39, 0.29) is 10.9 Å². The molecule has 5 heteroatoms. The fourth-order valence-corrected chi connectivity index (χ4v) is 2.17. The summed E-state index contributed by atoms with van der Waals surface area (Å²) in [6.07, 6.45) is 0. The Bertz CT molecular complexity index is 641. The van der Waals surface area contributed by atoms with Crippen molar-refractivity contribution in [1.82, 2.24) is 0 Å². The van der Waals surface area contributed by atoms with Gasteiger partial charge in [-0.2, -0.15) is 0 Å². The van der Waals surface area contributed by atoms with Crippen LogP contribution in [0.25, 0.3) is 0 Å². The molecule has 2 aromatic rings. The number of hydrogen-bond donors (Lipinski definition) is 1. The van der Waals surface area contributed by atoms with Crippen molar-refractivity contribution in [3.63, 3.8) is 0 Å². The van der Waals surface area contributed by atoms with Gasteiger partial charge in [-0.15, -0.1) is 0 Å². The summed E-state index contributed by atoms with van der Waals surface area (Å²) in [5.41, 5.74) is 1.78. The van der Waals surface area contributed by atoms with Gasteiger partial charge in [0.1, 0.15) is 0 Å². The van der Waals surface area contributed by atoms with Crippen molar-refractivity contribution in [2.45, 2.75) is 6.92 Å². The van der Waals surface area contributed by atoms with Crippen LogP contribution >= 0.6 is 34.8 Å². The van der Waals surface area contributed by atoms with Crippen molar-refractivity contribution < 1.29 is 4.79 Å². The van der Waals surface area contributed by atoms with Crippen LogP contribution in [-0.2, 0) is 0 Å². The summed E-state index contributed by atoms with van der Waals surface area (Å²) in [5.74, 6) is -0.321. The summed E-state index contributed by atoms with van der Waals surface area (Å²) in [4.78, 5) is 12.2. The molecule has 0 fully saturated rings. The minimum Gasteiger partial charge on any atom is -0.322 e. The Morgan fingerprint density at radius 1 is 1.00 bits per heavy atom. The van der Waals surface area contributed by atoms with Crippen molar-refractivity contribution in [1.29, 1.82) is 0 Å². The number of anilines is 1. The Labute approximate surface area is 126 Å². The summed E-state index contributed by atoms with van der Waals surface area (Å²) < 4.78 is 0. The summed E-state index contributed by atoms with van der Waals surface area (Å²) in [6.45, 7) is 1.83. The SMILES string of the molecule is Cc1c(Cl)cccc1NC(=O)c1cccc(Cl)c1Cl. The van der Waals surface area contributed by atoms with Crippen molar-refractivity contribution in [3.8, 4) is 0 Å². The average Bonchev–Trinajstić information content (AvgIpc) is 2.38. The lowest BCUT2D eigenvalue weighted by Gasteiger charge is -2.10. The highest BCUT2D eigenvalue weighted by atomic mass is 35.5. The molecule has 1 amide bonds. The minimum absolute atomic E-state index is 0.237. The zero-order chi connectivity index (χ0) is 14.0. The molecule has 0 heterocycles. The maximum Gasteiger partial charge on any atom is 0.257 e. The third-order valence-electron chi connectivity index (χ3n) is 2.71. The van der Waals surface area contributed by atoms with Crippen LogP contribution in [0.15, 0.2) is 36.4 Å². The van der Waals surface area contributed by atoms with Gasteiger partial charge in [0.2, 0.25) is 0 Å². The Balaban J connectivity index is 2.31. The predicted molar refractivity (Wildman–Crippen MR) is 80.6 cm³/mol. The third-order valence-corrected chi connectivity index (χ3v) is 3.94. The van der Waals surface area contributed by atoms with Crippen LogP contribution in [0.2, 0.25) is 15.1 Å². The first-order valence-corrected chi connectivity index (χ1v) is 6.64. The molecule has 0 aliphatic carbocycles. The number of nitrogens with one attached hydrogen (secondary N) is 1. The van der Waals surface area contributed by atoms with E-state index in [9.17, 15) is 4.79 Å². The first-order chi connectivity index (χ1) is 9.00. The zero-order valence-corrected chi connectivity index (χ0v) is 12.3. The van der Waals surface area contributed by atoms with Gasteiger partial charge in [-0.05, 0) is 36.8 Å². The highest BCUT2D eigenvalue weighted by molar-refractivity contribution is 6.44. The van der Waals surface area contributed by atoms with Gasteiger partial charge in [0.15, 0.2) is 0 Å². The minimum atomic E-state index is -0.321. The molecule has 2 nitrogen and oxygen atoms in total. The van der Waals surface area contributed by atoms with E-state index in [0.717, 1.165) is 5.56 Å². The number of benzene rings is 2. The molecule has 0 spiro atoms. The highest BCUT2D eigenvalue weighted by Crippen LogP contribution is 2.28. The fourth-order valence-electron chi connectivity index (χ4n) is 1.61. The molecule has 2 aromatic carbocycles. The summed E-state index contributed by atoms with van der Waals surface area (Å²) in [5, 5.41) is 3.94. The molecule has 0 saturated heterocycles. The van der Waals surface area contributed by atoms with Gasteiger partial charge in [0.25, 0.3) is 5.91 Å². The zero-order valence-electron chi connectivity index (χ0n) is 10.0. The van der Waals surface area contributed by atoms with Crippen LogP contribution in [0.4, 0.5) is 5.69 Å². The topological polar surface area (TPSA) is 29.1 Å². The van der Waals surface area contributed by atoms with Crippen molar-refractivity contribution >= 4 is 46.4 Å². The molecule has 0 aromatic heterocycles. The largest absolute Gasteiger partial charge is 0.322 e. The lowest BCUT2D eigenvalue weighted by Crippen LogP contribution is -2.13. The number of halogens is 3. The molecule has 0 aliphatic heterocycles. The molecule has 2 rings (SSSR count). The molecule has 0 unspecified atom stereocenters. The normalized spacial score (nSPS) is 10.3. The maximum atomic E-state index is 12.2. The van der Waals surface area contributed by atoms with E-state index >= 15 is 0 Å². The molecule has 0 radical (unpaired) electrons. The molecule has 0 aliphatic rings. The first-order valence-electron chi connectivity index (χ1n) is 5.51. The monoisotopic (exact) mass is 313 g/mol. The van der Waals surface area contributed by atoms with Crippen molar-refractivity contribution in [2.75, 3.05) is 5.32 Å². The van der Waals surface area contributed by atoms with Crippen LogP contribution < -0.4 is 5.32 Å². The van der Waals surface area contributed by atoms with Crippen LogP contribution in [0, 0.1) is 6.92 Å². The van der Waals surface area contributed by atoms with E-state index < -0.39 is 0 Å². The van der Waals surface area contributed by atoms with Gasteiger partial charge < -0.3 is 5.32 Å². The summed E-state index contributed by atoms with van der Waals surface area (Å²) >= 11 is 17.9. The number of hydrogen-bond acceptors (Lipinski definition) is 1. The van der Waals surface area contributed by atoms with E-state index in [4.69, 9.17) is 34.8 Å². The average molecular weight is 315 g/mol. The Hall–Kier alpha value is -1.22. The molecule has 0 bridgehead atoms. The van der Waals surface area contributed by atoms with Crippen LogP contribution in [-0.4, -0.2) is 5.91 Å². The Morgan fingerprint density at radius 2 is 1.63 bits per heavy atom. The van der Waals surface area contributed by atoms with E-state index in [0.29, 0.717) is 21.3 Å². The molecule has 19 heavy (non-hydrogen) atoms. The maximum absolute atomic E-state index is 12.2. The standard InChI is InChI=1S/C14H10Cl3NO/c1-8-10(15)5-3-7-12(8)18-14(19)9-4-2-6-11(16)13(9)17/h2-7H,1H3,(H,18,19). The Morgan fingerprint density at radius 3 is 2.37 bits per heavy atom. The number of carbonyl (C=O) groups excluding carboxylic acids is 1. The van der Waals surface area contributed by atoms with E-state index in [2.05, 4.69) is 5.32 Å². The second-order valence-electron chi connectivity index (χ2n) is 3.97. The molecule has 1 N–H and O–H groups in total. The predicted octanol–water partition coefficient (Wildman–Crippen LogP) is 5.21. The van der Waals surface area contributed by atoms with Crippen LogP contribution in [0.3, 0.4) is 0 Å². The second kappa shape index (κ2) is 5.83. The third kappa shape index (κ3) is 3.03.